The third kappa shape index (κ3) is 2.58. The van der Waals surface area contributed by atoms with Crippen LogP contribution in [0.2, 0.25) is 5.02 Å². The maximum atomic E-state index is 12.1. The molecule has 5 nitrogen and oxygen atoms in total. The zero-order chi connectivity index (χ0) is 15.6. The van der Waals surface area contributed by atoms with Crippen LogP contribution in [-0.2, 0) is 14.3 Å². The molecule has 0 unspecified atom stereocenters. The van der Waals surface area contributed by atoms with Gasteiger partial charge in [-0.25, -0.2) is 4.79 Å². The van der Waals surface area contributed by atoms with Crippen LogP contribution in [0, 0.1) is 11.3 Å². The van der Waals surface area contributed by atoms with Crippen LogP contribution in [0.4, 0.5) is 0 Å². The molecular formula is C15H13ClN2O3. The lowest BCUT2D eigenvalue weighted by molar-refractivity contribution is -0.136. The highest BCUT2D eigenvalue weighted by atomic mass is 35.5. The van der Waals surface area contributed by atoms with Crippen molar-refractivity contribution in [1.29, 1.82) is 5.26 Å². The van der Waals surface area contributed by atoms with Crippen LogP contribution in [0.1, 0.15) is 18.4 Å². The molecule has 0 aliphatic carbocycles. The highest BCUT2D eigenvalue weighted by molar-refractivity contribution is 6.31. The standard InChI is InChI=1S/C15H13ClN2O3/c1-8-12(15(19)20-2)13(10(7-17)14(18)21-8)9-5-3-4-6-11(9)16/h3-6,13H,18H2,1-2H3/t13-/m0/s1. The van der Waals surface area contributed by atoms with Crippen LogP contribution in [0.3, 0.4) is 0 Å². The Kier molecular flexibility index (Phi) is 4.20. The minimum atomic E-state index is -0.704. The molecule has 108 valence electrons. The fourth-order valence-electron chi connectivity index (χ4n) is 2.28. The summed E-state index contributed by atoms with van der Waals surface area (Å²) in [5.41, 5.74) is 6.72. The summed E-state index contributed by atoms with van der Waals surface area (Å²) in [5.74, 6) is -1.03. The van der Waals surface area contributed by atoms with Crippen molar-refractivity contribution in [3.05, 3.63) is 57.6 Å². The molecule has 0 aromatic heterocycles. The van der Waals surface area contributed by atoms with Gasteiger partial charge in [-0.05, 0) is 18.6 Å². The Balaban J connectivity index is 2.70. The molecule has 2 N–H and O–H groups in total. The molecule has 0 bridgehead atoms. The van der Waals surface area contributed by atoms with Crippen molar-refractivity contribution in [1.82, 2.24) is 0 Å². The Hall–Kier alpha value is -2.45. The van der Waals surface area contributed by atoms with Gasteiger partial charge in [0.2, 0.25) is 5.88 Å². The fraction of sp³-hybridized carbons (Fsp3) is 0.200. The van der Waals surface area contributed by atoms with Gasteiger partial charge >= 0.3 is 5.97 Å². The van der Waals surface area contributed by atoms with Crippen molar-refractivity contribution >= 4 is 17.6 Å². The van der Waals surface area contributed by atoms with E-state index in [-0.39, 0.29) is 17.0 Å². The highest BCUT2D eigenvalue weighted by Crippen LogP contribution is 2.41. The Morgan fingerprint density at radius 3 is 2.71 bits per heavy atom. The number of hydrogen-bond donors (Lipinski definition) is 1. The monoisotopic (exact) mass is 304 g/mol. The molecule has 1 aromatic carbocycles. The third-order valence-electron chi connectivity index (χ3n) is 3.23. The average Bonchev–Trinajstić information content (AvgIpc) is 2.46. The van der Waals surface area contributed by atoms with Gasteiger partial charge in [0, 0.05) is 5.02 Å². The number of carbonyl (C=O) groups excluding carboxylic acids is 1. The van der Waals surface area contributed by atoms with E-state index in [1.54, 1.807) is 31.2 Å². The van der Waals surface area contributed by atoms with Crippen LogP contribution in [0.25, 0.3) is 0 Å². The summed E-state index contributed by atoms with van der Waals surface area (Å²) in [6, 6.07) is 8.94. The molecule has 0 saturated carbocycles. The van der Waals surface area contributed by atoms with Gasteiger partial charge in [0.1, 0.15) is 17.4 Å². The van der Waals surface area contributed by atoms with E-state index in [0.717, 1.165) is 0 Å². The van der Waals surface area contributed by atoms with Crippen LogP contribution in [-0.4, -0.2) is 13.1 Å². The number of nitriles is 1. The molecule has 21 heavy (non-hydrogen) atoms. The van der Waals surface area contributed by atoms with Crippen molar-refractivity contribution in [3.63, 3.8) is 0 Å². The average molecular weight is 305 g/mol. The summed E-state index contributed by atoms with van der Waals surface area (Å²) in [4.78, 5) is 12.1. The molecule has 0 amide bonds. The van der Waals surface area contributed by atoms with E-state index in [2.05, 4.69) is 0 Å². The number of benzene rings is 1. The minimum Gasteiger partial charge on any atom is -0.466 e. The Morgan fingerprint density at radius 1 is 1.48 bits per heavy atom. The molecular weight excluding hydrogens is 292 g/mol. The number of methoxy groups -OCH3 is 1. The lowest BCUT2D eigenvalue weighted by atomic mass is 9.83. The number of hydrogen-bond acceptors (Lipinski definition) is 5. The van der Waals surface area contributed by atoms with Crippen LogP contribution >= 0.6 is 11.6 Å². The zero-order valence-corrected chi connectivity index (χ0v) is 12.3. The number of rotatable bonds is 2. The summed E-state index contributed by atoms with van der Waals surface area (Å²) in [5, 5.41) is 9.79. The first-order valence-electron chi connectivity index (χ1n) is 6.12. The van der Waals surface area contributed by atoms with Gasteiger partial charge in [0.05, 0.1) is 18.6 Å². The zero-order valence-electron chi connectivity index (χ0n) is 11.5. The summed E-state index contributed by atoms with van der Waals surface area (Å²) < 4.78 is 10.1. The van der Waals surface area contributed by atoms with E-state index >= 15 is 0 Å². The van der Waals surface area contributed by atoms with E-state index in [1.807, 2.05) is 6.07 Å². The summed E-state index contributed by atoms with van der Waals surface area (Å²) >= 11 is 6.20. The Morgan fingerprint density at radius 2 is 2.14 bits per heavy atom. The number of carbonyl (C=O) groups is 1. The molecule has 0 saturated heterocycles. The van der Waals surface area contributed by atoms with Crippen molar-refractivity contribution in [2.24, 2.45) is 5.73 Å². The van der Waals surface area contributed by atoms with Gasteiger partial charge < -0.3 is 15.2 Å². The number of ether oxygens (including phenoxy) is 2. The normalized spacial score (nSPS) is 18.1. The second-order valence-electron chi connectivity index (χ2n) is 4.41. The molecule has 1 heterocycles. The largest absolute Gasteiger partial charge is 0.466 e. The fourth-order valence-corrected chi connectivity index (χ4v) is 2.52. The van der Waals surface area contributed by atoms with Gasteiger partial charge in [0.15, 0.2) is 0 Å². The lowest BCUT2D eigenvalue weighted by Gasteiger charge is -2.27. The first kappa shape index (κ1) is 14.9. The Labute approximate surface area is 127 Å². The van der Waals surface area contributed by atoms with Crippen molar-refractivity contribution in [2.45, 2.75) is 12.8 Å². The quantitative estimate of drug-likeness (QED) is 0.849. The predicted molar refractivity (Wildman–Crippen MR) is 76.8 cm³/mol. The van der Waals surface area contributed by atoms with Crippen LogP contribution < -0.4 is 5.73 Å². The van der Waals surface area contributed by atoms with E-state index in [4.69, 9.17) is 26.8 Å². The third-order valence-corrected chi connectivity index (χ3v) is 3.57. The molecule has 1 aromatic rings. The van der Waals surface area contributed by atoms with Gasteiger partial charge in [-0.2, -0.15) is 5.26 Å². The van der Waals surface area contributed by atoms with E-state index in [9.17, 15) is 10.1 Å². The summed E-state index contributed by atoms with van der Waals surface area (Å²) in [6.07, 6.45) is 0. The summed E-state index contributed by atoms with van der Waals surface area (Å²) in [6.45, 7) is 1.59. The molecule has 0 fully saturated rings. The molecule has 2 rings (SSSR count). The second kappa shape index (κ2) is 5.90. The number of nitrogens with zero attached hydrogens (tertiary/aromatic N) is 1. The molecule has 1 aliphatic heterocycles. The van der Waals surface area contributed by atoms with Crippen LogP contribution in [0.5, 0.6) is 0 Å². The van der Waals surface area contributed by atoms with Crippen LogP contribution in [0.15, 0.2) is 47.1 Å². The number of allylic oxidation sites excluding steroid dienone is 2. The maximum Gasteiger partial charge on any atom is 0.338 e. The first-order chi connectivity index (χ1) is 10.0. The smallest absolute Gasteiger partial charge is 0.338 e. The van der Waals surface area contributed by atoms with Gasteiger partial charge in [-0.3, -0.25) is 0 Å². The van der Waals surface area contributed by atoms with Gasteiger partial charge in [-0.1, -0.05) is 29.8 Å². The Bertz CT molecular complexity index is 701. The molecule has 1 aliphatic rings. The lowest BCUT2D eigenvalue weighted by Crippen LogP contribution is -2.25. The molecule has 1 atom stereocenters. The maximum absolute atomic E-state index is 12.1. The number of halogens is 1. The second-order valence-corrected chi connectivity index (χ2v) is 4.81. The van der Waals surface area contributed by atoms with Gasteiger partial charge in [-0.15, -0.1) is 0 Å². The predicted octanol–water partition coefficient (Wildman–Crippen LogP) is 2.59. The van der Waals surface area contributed by atoms with Crippen molar-refractivity contribution in [2.75, 3.05) is 7.11 Å². The SMILES string of the molecule is COC(=O)C1=C(C)OC(N)=C(C#N)[C@@H]1c1ccccc1Cl. The topological polar surface area (TPSA) is 85.3 Å². The molecule has 0 spiro atoms. The van der Waals surface area contributed by atoms with Gasteiger partial charge in [0.25, 0.3) is 0 Å². The van der Waals surface area contributed by atoms with Crippen molar-refractivity contribution < 1.29 is 14.3 Å². The highest BCUT2D eigenvalue weighted by Gasteiger charge is 2.36. The first-order valence-corrected chi connectivity index (χ1v) is 6.50. The minimum absolute atomic E-state index is 0.0347. The summed E-state index contributed by atoms with van der Waals surface area (Å²) in [7, 11) is 1.26. The molecule has 0 radical (unpaired) electrons. The molecule has 6 heteroatoms. The van der Waals surface area contributed by atoms with E-state index in [0.29, 0.717) is 16.3 Å². The van der Waals surface area contributed by atoms with E-state index in [1.165, 1.54) is 7.11 Å². The number of esters is 1. The van der Waals surface area contributed by atoms with Crippen molar-refractivity contribution in [3.8, 4) is 6.07 Å². The van der Waals surface area contributed by atoms with E-state index < -0.39 is 11.9 Å². The number of nitrogens with two attached hydrogens (primary N) is 1.